The molecule has 0 spiro atoms. The summed E-state index contributed by atoms with van der Waals surface area (Å²) in [5.74, 6) is 0. The zero-order chi connectivity index (χ0) is 8.81. The van der Waals surface area contributed by atoms with Crippen LogP contribution in [-0.2, 0) is 0 Å². The Kier molecular flexibility index (Phi) is 7.47. The number of halogens is 1. The summed E-state index contributed by atoms with van der Waals surface area (Å²) >= 11 is 0.535. The van der Waals surface area contributed by atoms with Gasteiger partial charge in [0, 0.05) is 0 Å². The van der Waals surface area contributed by atoms with Gasteiger partial charge in [0.2, 0.25) is 0 Å². The van der Waals surface area contributed by atoms with Gasteiger partial charge in [-0.3, -0.25) is 0 Å². The van der Waals surface area contributed by atoms with Crippen molar-refractivity contribution in [1.29, 1.82) is 0 Å². The van der Waals surface area contributed by atoms with Crippen molar-refractivity contribution < 1.29 is 12.4 Å². The number of benzene rings is 1. The molecule has 0 N–H and O–H groups in total. The molecule has 0 nitrogen and oxygen atoms in total. The summed E-state index contributed by atoms with van der Waals surface area (Å²) in [5.41, 5.74) is 1.37. The summed E-state index contributed by atoms with van der Waals surface area (Å²) in [4.78, 5) is 0. The fraction of sp³-hybridized carbons (Fsp3) is 0.455. The van der Waals surface area contributed by atoms with Gasteiger partial charge < -0.3 is 12.4 Å². The summed E-state index contributed by atoms with van der Waals surface area (Å²) in [6.45, 7) is 4.40. The molecule has 0 aliphatic heterocycles. The molecule has 70 valence electrons. The molecule has 0 aliphatic rings. The van der Waals surface area contributed by atoms with Gasteiger partial charge in [0.1, 0.15) is 0 Å². The van der Waals surface area contributed by atoms with Gasteiger partial charge in [-0.2, -0.15) is 0 Å². The van der Waals surface area contributed by atoms with Crippen LogP contribution in [0.15, 0.2) is 24.3 Å². The Balaban J connectivity index is 0.00000144. The molecule has 1 aromatic rings. The maximum atomic E-state index is 2.28. The Labute approximate surface area is 93.9 Å². The molecule has 0 amide bonds. The van der Waals surface area contributed by atoms with E-state index in [0.717, 1.165) is 0 Å². The summed E-state index contributed by atoms with van der Waals surface area (Å²) in [5, 5.41) is 1.42. The first-order valence-electron chi connectivity index (χ1n) is 4.73. The van der Waals surface area contributed by atoms with Crippen LogP contribution in [0.3, 0.4) is 0 Å². The molecule has 0 atom stereocenters. The zero-order valence-corrected chi connectivity index (χ0v) is 10.3. The molecule has 0 unspecified atom stereocenters. The van der Waals surface area contributed by atoms with Crippen molar-refractivity contribution in [1.82, 2.24) is 0 Å². The van der Waals surface area contributed by atoms with Crippen molar-refractivity contribution in [3.8, 4) is 0 Å². The standard InChI is InChI=1S/C7H7.C4H9.Al.ClH/c1-7-5-3-2-4-6-7;1-3-4-2;;/h3-6H,1H3;1,3-4H2,2H3;;1H/q;;+1;/p-1. The second-order valence-electron chi connectivity index (χ2n) is 3.26. The second kappa shape index (κ2) is 7.45. The van der Waals surface area contributed by atoms with Crippen molar-refractivity contribution in [2.75, 3.05) is 0 Å². The molecule has 0 heterocycles. The molecule has 2 heteroatoms. The summed E-state index contributed by atoms with van der Waals surface area (Å²) < 4.78 is 1.56. The molecule has 0 bridgehead atoms. The van der Waals surface area contributed by atoms with E-state index in [4.69, 9.17) is 0 Å². The fourth-order valence-electron chi connectivity index (χ4n) is 1.18. The predicted molar refractivity (Wildman–Crippen MR) is 56.3 cm³/mol. The maximum Gasteiger partial charge on any atom is -1.00 e. The first-order valence-corrected chi connectivity index (χ1v) is 6.12. The van der Waals surface area contributed by atoms with Gasteiger partial charge in [-0.15, -0.1) is 0 Å². The van der Waals surface area contributed by atoms with Crippen LogP contribution >= 0.6 is 0 Å². The number of unbranched alkanes of at least 4 members (excludes halogenated alkanes) is 1. The Morgan fingerprint density at radius 2 is 1.77 bits per heavy atom. The Morgan fingerprint density at radius 1 is 1.15 bits per heavy atom. The van der Waals surface area contributed by atoms with Crippen LogP contribution < -0.4 is 16.8 Å². The van der Waals surface area contributed by atoms with Crippen LogP contribution in [0.2, 0.25) is 5.28 Å². The second-order valence-corrected chi connectivity index (χ2v) is 4.91. The first kappa shape index (κ1) is 13.0. The summed E-state index contributed by atoms with van der Waals surface area (Å²) in [6, 6.07) is 8.99. The van der Waals surface area contributed by atoms with Gasteiger partial charge in [-0.25, -0.2) is 0 Å². The van der Waals surface area contributed by atoms with Crippen molar-refractivity contribution in [3.05, 3.63) is 29.8 Å². The number of hydrogen-bond acceptors (Lipinski definition) is 0. The van der Waals surface area contributed by atoms with E-state index in [9.17, 15) is 0 Å². The van der Waals surface area contributed by atoms with Gasteiger partial charge in [0.25, 0.3) is 0 Å². The minimum Gasteiger partial charge on any atom is -1.00 e. The molecule has 0 aliphatic carbocycles. The third-order valence-electron chi connectivity index (χ3n) is 2.02. The molecular formula is C11H16AlCl. The predicted octanol–water partition coefficient (Wildman–Crippen LogP) is -0.453. The molecule has 1 rings (SSSR count). The van der Waals surface area contributed by atoms with Gasteiger partial charge in [-0.05, 0) is 0 Å². The Bertz CT molecular complexity index is 218. The van der Waals surface area contributed by atoms with Crippen molar-refractivity contribution in [2.24, 2.45) is 0 Å². The average molecular weight is 211 g/mol. The SMILES string of the molecule is CCC[CH2][Al+][c]1ccc(C)cc1.[Cl-]. The van der Waals surface area contributed by atoms with E-state index in [1.165, 1.54) is 23.7 Å². The van der Waals surface area contributed by atoms with Crippen LogP contribution in [0, 0.1) is 6.92 Å². The smallest absolute Gasteiger partial charge is 1.00 e. The van der Waals surface area contributed by atoms with Crippen molar-refractivity contribution in [2.45, 2.75) is 32.0 Å². The van der Waals surface area contributed by atoms with Crippen LogP contribution in [0.25, 0.3) is 0 Å². The molecule has 0 saturated heterocycles. The van der Waals surface area contributed by atoms with Gasteiger partial charge >= 0.3 is 81.4 Å². The molecule has 1 aromatic carbocycles. The quantitative estimate of drug-likeness (QED) is 0.467. The Morgan fingerprint density at radius 3 is 2.31 bits per heavy atom. The largest absolute Gasteiger partial charge is 1.00 e. The van der Waals surface area contributed by atoms with Crippen LogP contribution in [-0.4, -0.2) is 15.2 Å². The van der Waals surface area contributed by atoms with E-state index in [2.05, 4.69) is 38.1 Å². The zero-order valence-electron chi connectivity index (χ0n) is 8.39. The summed E-state index contributed by atoms with van der Waals surface area (Å²) in [6.07, 6.45) is 2.72. The maximum absolute atomic E-state index is 2.28. The normalized spacial score (nSPS) is 8.77. The summed E-state index contributed by atoms with van der Waals surface area (Å²) in [7, 11) is 0. The van der Waals surface area contributed by atoms with E-state index in [1.807, 2.05) is 0 Å². The first-order chi connectivity index (χ1) is 5.83. The minimum atomic E-state index is 0. The number of rotatable bonds is 4. The Hall–Kier alpha value is 0.0425. The molecule has 0 aromatic heterocycles. The topological polar surface area (TPSA) is 0 Å². The van der Waals surface area contributed by atoms with Crippen molar-refractivity contribution >= 4 is 19.6 Å². The van der Waals surface area contributed by atoms with E-state index in [1.54, 1.807) is 4.43 Å². The van der Waals surface area contributed by atoms with E-state index in [0.29, 0.717) is 15.2 Å². The van der Waals surface area contributed by atoms with E-state index >= 15 is 0 Å². The third-order valence-corrected chi connectivity index (χ3v) is 3.57. The number of aryl methyl sites for hydroxylation is 1. The fourth-order valence-corrected chi connectivity index (χ4v) is 2.59. The third kappa shape index (κ3) is 5.37. The van der Waals surface area contributed by atoms with Crippen LogP contribution in [0.4, 0.5) is 0 Å². The van der Waals surface area contributed by atoms with Crippen LogP contribution in [0.1, 0.15) is 25.3 Å². The van der Waals surface area contributed by atoms with Gasteiger partial charge in [0.15, 0.2) is 0 Å². The molecule has 0 radical (unpaired) electrons. The molecular weight excluding hydrogens is 195 g/mol. The molecule has 0 saturated carbocycles. The average Bonchev–Trinajstić information content (AvgIpc) is 2.09. The van der Waals surface area contributed by atoms with Crippen molar-refractivity contribution in [3.63, 3.8) is 0 Å². The number of hydrogen-bond donors (Lipinski definition) is 0. The van der Waals surface area contributed by atoms with Crippen LogP contribution in [0.5, 0.6) is 0 Å². The molecule has 0 fully saturated rings. The molecule has 13 heavy (non-hydrogen) atoms. The van der Waals surface area contributed by atoms with E-state index < -0.39 is 0 Å². The van der Waals surface area contributed by atoms with Gasteiger partial charge in [0.05, 0.1) is 0 Å². The van der Waals surface area contributed by atoms with Gasteiger partial charge in [-0.1, -0.05) is 0 Å². The minimum absolute atomic E-state index is 0. The van der Waals surface area contributed by atoms with E-state index in [-0.39, 0.29) is 12.4 Å². The monoisotopic (exact) mass is 210 g/mol.